The van der Waals surface area contributed by atoms with Crippen molar-refractivity contribution in [3.63, 3.8) is 0 Å². The van der Waals surface area contributed by atoms with Gasteiger partial charge in [-0.1, -0.05) is 6.07 Å². The van der Waals surface area contributed by atoms with Gasteiger partial charge in [-0.15, -0.1) is 0 Å². The number of rotatable bonds is 3. The molecular formula is C11H14O2. The summed E-state index contributed by atoms with van der Waals surface area (Å²) < 4.78 is 5.38. The van der Waals surface area contributed by atoms with Crippen molar-refractivity contribution in [2.24, 2.45) is 0 Å². The molecule has 0 spiro atoms. The normalized spacial score (nSPS) is 9.77. The van der Waals surface area contributed by atoms with E-state index in [9.17, 15) is 4.79 Å². The molecule has 2 nitrogen and oxygen atoms in total. The Kier molecular flexibility index (Phi) is 3.07. The quantitative estimate of drug-likeness (QED) is 0.665. The Labute approximate surface area is 78.5 Å². The Morgan fingerprint density at radius 2 is 2.08 bits per heavy atom. The van der Waals surface area contributed by atoms with Gasteiger partial charge in [-0.3, -0.25) is 4.79 Å². The highest BCUT2D eigenvalue weighted by Gasteiger charge is 2.06. The van der Waals surface area contributed by atoms with Crippen LogP contribution in [0.2, 0.25) is 0 Å². The van der Waals surface area contributed by atoms with E-state index in [1.165, 1.54) is 0 Å². The molecule has 13 heavy (non-hydrogen) atoms. The molecule has 0 fully saturated rings. The highest BCUT2D eigenvalue weighted by molar-refractivity contribution is 5.80. The number of hydrogen-bond acceptors (Lipinski definition) is 2. The van der Waals surface area contributed by atoms with Gasteiger partial charge in [-0.25, -0.2) is 0 Å². The van der Waals surface area contributed by atoms with E-state index >= 15 is 0 Å². The zero-order chi connectivity index (χ0) is 9.84. The van der Waals surface area contributed by atoms with Crippen LogP contribution in [0.4, 0.5) is 0 Å². The molecular weight excluding hydrogens is 164 g/mol. The van der Waals surface area contributed by atoms with Gasteiger partial charge in [-0.05, 0) is 38.0 Å². The summed E-state index contributed by atoms with van der Waals surface area (Å²) in [5.41, 5.74) is 2.74. The minimum atomic E-state index is 0.588. The standard InChI is InChI=1S/C11H14O2/c1-4-13-11-9(3)5-8(2)6-10(11)7-12/h5-7H,4H2,1-3H3. The first kappa shape index (κ1) is 9.78. The SMILES string of the molecule is CCOc1c(C)cc(C)cc1C=O. The molecule has 0 N–H and O–H groups in total. The maximum atomic E-state index is 10.7. The largest absolute Gasteiger partial charge is 0.493 e. The lowest BCUT2D eigenvalue weighted by atomic mass is 10.1. The third kappa shape index (κ3) is 2.08. The molecule has 0 saturated heterocycles. The smallest absolute Gasteiger partial charge is 0.153 e. The van der Waals surface area contributed by atoms with Crippen molar-refractivity contribution in [3.8, 4) is 5.75 Å². The van der Waals surface area contributed by atoms with E-state index in [1.807, 2.05) is 32.9 Å². The molecule has 0 radical (unpaired) electrons. The zero-order valence-corrected chi connectivity index (χ0v) is 8.26. The van der Waals surface area contributed by atoms with Gasteiger partial charge in [-0.2, -0.15) is 0 Å². The molecule has 0 aliphatic heterocycles. The number of ether oxygens (including phenoxy) is 1. The second-order valence-corrected chi connectivity index (χ2v) is 3.05. The first-order chi connectivity index (χ1) is 6.19. The van der Waals surface area contributed by atoms with Crippen LogP contribution in [0.1, 0.15) is 28.4 Å². The number of carbonyl (C=O) groups is 1. The van der Waals surface area contributed by atoms with Crippen LogP contribution >= 0.6 is 0 Å². The molecule has 0 aromatic heterocycles. The van der Waals surface area contributed by atoms with Crippen LogP contribution in [0.25, 0.3) is 0 Å². The van der Waals surface area contributed by atoms with Crippen LogP contribution < -0.4 is 4.74 Å². The fourth-order valence-electron chi connectivity index (χ4n) is 1.42. The zero-order valence-electron chi connectivity index (χ0n) is 8.26. The summed E-state index contributed by atoms with van der Waals surface area (Å²) in [6.07, 6.45) is 0.838. The minimum Gasteiger partial charge on any atom is -0.493 e. The van der Waals surface area contributed by atoms with Crippen molar-refractivity contribution in [1.82, 2.24) is 0 Å². The Balaban J connectivity index is 3.21. The van der Waals surface area contributed by atoms with Gasteiger partial charge < -0.3 is 4.74 Å². The molecule has 0 amide bonds. The molecule has 1 rings (SSSR count). The Bertz CT molecular complexity index is 316. The monoisotopic (exact) mass is 178 g/mol. The Morgan fingerprint density at radius 3 is 2.62 bits per heavy atom. The third-order valence-electron chi connectivity index (χ3n) is 1.86. The average molecular weight is 178 g/mol. The van der Waals surface area contributed by atoms with E-state index in [4.69, 9.17) is 4.74 Å². The Hall–Kier alpha value is -1.31. The van der Waals surface area contributed by atoms with Gasteiger partial charge in [0, 0.05) is 0 Å². The first-order valence-corrected chi connectivity index (χ1v) is 4.38. The van der Waals surface area contributed by atoms with Crippen LogP contribution in [0.3, 0.4) is 0 Å². The lowest BCUT2D eigenvalue weighted by Crippen LogP contribution is -1.99. The van der Waals surface area contributed by atoms with Gasteiger partial charge in [0.05, 0.1) is 12.2 Å². The summed E-state index contributed by atoms with van der Waals surface area (Å²) in [4.78, 5) is 10.7. The van der Waals surface area contributed by atoms with Crippen molar-refractivity contribution >= 4 is 6.29 Å². The third-order valence-corrected chi connectivity index (χ3v) is 1.86. The number of benzene rings is 1. The van der Waals surface area contributed by atoms with E-state index in [0.717, 1.165) is 17.4 Å². The summed E-state index contributed by atoms with van der Waals surface area (Å²) in [7, 11) is 0. The maximum Gasteiger partial charge on any atom is 0.153 e. The summed E-state index contributed by atoms with van der Waals surface area (Å²) in [6, 6.07) is 3.85. The second kappa shape index (κ2) is 4.08. The number of hydrogen-bond donors (Lipinski definition) is 0. The highest BCUT2D eigenvalue weighted by atomic mass is 16.5. The van der Waals surface area contributed by atoms with Crippen molar-refractivity contribution < 1.29 is 9.53 Å². The van der Waals surface area contributed by atoms with Crippen LogP contribution in [-0.4, -0.2) is 12.9 Å². The molecule has 0 aliphatic rings. The average Bonchev–Trinajstić information content (AvgIpc) is 2.09. The number of aryl methyl sites for hydroxylation is 2. The van der Waals surface area contributed by atoms with E-state index in [2.05, 4.69) is 0 Å². The first-order valence-electron chi connectivity index (χ1n) is 4.38. The lowest BCUT2D eigenvalue weighted by Gasteiger charge is -2.10. The van der Waals surface area contributed by atoms with Crippen LogP contribution in [0, 0.1) is 13.8 Å². The van der Waals surface area contributed by atoms with Gasteiger partial charge in [0.25, 0.3) is 0 Å². The van der Waals surface area contributed by atoms with Crippen LogP contribution in [0.5, 0.6) is 5.75 Å². The number of aldehydes is 1. The van der Waals surface area contributed by atoms with Gasteiger partial charge in [0.1, 0.15) is 5.75 Å². The predicted molar refractivity (Wildman–Crippen MR) is 52.5 cm³/mol. The van der Waals surface area contributed by atoms with Crippen molar-refractivity contribution in [1.29, 1.82) is 0 Å². The molecule has 0 unspecified atom stereocenters. The van der Waals surface area contributed by atoms with Crippen LogP contribution in [-0.2, 0) is 0 Å². The Morgan fingerprint density at radius 1 is 1.38 bits per heavy atom. The lowest BCUT2D eigenvalue weighted by molar-refractivity contribution is 0.111. The predicted octanol–water partition coefficient (Wildman–Crippen LogP) is 2.51. The molecule has 0 saturated carbocycles. The molecule has 2 heteroatoms. The van der Waals surface area contributed by atoms with Crippen molar-refractivity contribution in [3.05, 3.63) is 28.8 Å². The van der Waals surface area contributed by atoms with Crippen LogP contribution in [0.15, 0.2) is 12.1 Å². The van der Waals surface area contributed by atoms with E-state index < -0.39 is 0 Å². The second-order valence-electron chi connectivity index (χ2n) is 3.05. The van der Waals surface area contributed by atoms with E-state index in [-0.39, 0.29) is 0 Å². The summed E-state index contributed by atoms with van der Waals surface area (Å²) in [6.45, 7) is 6.42. The molecule has 1 aromatic carbocycles. The van der Waals surface area contributed by atoms with Gasteiger partial charge in [0.2, 0.25) is 0 Å². The minimum absolute atomic E-state index is 0.588. The summed E-state index contributed by atoms with van der Waals surface area (Å²) >= 11 is 0. The molecule has 0 atom stereocenters. The van der Waals surface area contributed by atoms with Gasteiger partial charge in [0.15, 0.2) is 6.29 Å². The van der Waals surface area contributed by atoms with Crippen molar-refractivity contribution in [2.45, 2.75) is 20.8 Å². The summed E-state index contributed by atoms with van der Waals surface area (Å²) in [5.74, 6) is 0.711. The maximum absolute atomic E-state index is 10.7. The van der Waals surface area contributed by atoms with E-state index in [0.29, 0.717) is 17.9 Å². The molecule has 0 aliphatic carbocycles. The molecule has 1 aromatic rings. The topological polar surface area (TPSA) is 26.3 Å². The van der Waals surface area contributed by atoms with Gasteiger partial charge >= 0.3 is 0 Å². The number of carbonyl (C=O) groups excluding carboxylic acids is 1. The van der Waals surface area contributed by atoms with E-state index in [1.54, 1.807) is 0 Å². The molecule has 0 heterocycles. The molecule has 0 bridgehead atoms. The fourth-order valence-corrected chi connectivity index (χ4v) is 1.42. The highest BCUT2D eigenvalue weighted by Crippen LogP contribution is 2.23. The molecule has 70 valence electrons. The fraction of sp³-hybridized carbons (Fsp3) is 0.364. The summed E-state index contributed by atoms with van der Waals surface area (Å²) in [5, 5.41) is 0. The van der Waals surface area contributed by atoms with Crippen molar-refractivity contribution in [2.75, 3.05) is 6.61 Å².